The Labute approximate surface area is 168 Å². The van der Waals surface area contributed by atoms with Crippen LogP contribution in [0.5, 0.6) is 11.5 Å². The van der Waals surface area contributed by atoms with Crippen molar-refractivity contribution in [2.24, 2.45) is 10.2 Å². The number of hydrogen-bond acceptors (Lipinski definition) is 7. The second-order valence-electron chi connectivity index (χ2n) is 5.54. The molecule has 1 fully saturated rings. The number of methoxy groups -OCH3 is 1. The number of carboxylic acid groups (broad SMARTS) is 1. The lowest BCUT2D eigenvalue weighted by Crippen LogP contribution is -2.26. The van der Waals surface area contributed by atoms with Crippen LogP contribution in [-0.2, 0) is 9.59 Å². The van der Waals surface area contributed by atoms with Gasteiger partial charge in [-0.05, 0) is 54.1 Å². The number of benzene rings is 1. The zero-order valence-corrected chi connectivity index (χ0v) is 17.3. The van der Waals surface area contributed by atoms with Crippen molar-refractivity contribution >= 4 is 57.6 Å². The summed E-state index contributed by atoms with van der Waals surface area (Å²) in [6.07, 6.45) is 1.28. The highest BCUT2D eigenvalue weighted by molar-refractivity contribution is 14.1. The lowest BCUT2D eigenvalue weighted by atomic mass is 10.2. The minimum Gasteiger partial charge on any atom is -0.493 e. The molecule has 8 nitrogen and oxygen atoms in total. The van der Waals surface area contributed by atoms with Gasteiger partial charge in [0.15, 0.2) is 16.7 Å². The summed E-state index contributed by atoms with van der Waals surface area (Å²) in [4.78, 5) is 22.4. The van der Waals surface area contributed by atoms with Gasteiger partial charge in [-0.15, -0.1) is 5.10 Å². The molecule has 0 saturated carbocycles. The Morgan fingerprint density at radius 2 is 2.23 bits per heavy atom. The van der Waals surface area contributed by atoms with Crippen molar-refractivity contribution in [1.82, 2.24) is 5.32 Å². The summed E-state index contributed by atoms with van der Waals surface area (Å²) in [6.45, 7) is 3.87. The average Bonchev–Trinajstić information content (AvgIpc) is 2.88. The van der Waals surface area contributed by atoms with Crippen molar-refractivity contribution < 1.29 is 24.2 Å². The molecule has 0 aromatic heterocycles. The molecule has 1 aliphatic rings. The number of carbonyl (C=O) groups excluding carboxylic acids is 1. The Morgan fingerprint density at radius 1 is 1.50 bits per heavy atom. The largest absolute Gasteiger partial charge is 0.493 e. The third kappa shape index (κ3) is 5.59. The van der Waals surface area contributed by atoms with Crippen molar-refractivity contribution in [2.45, 2.75) is 31.6 Å². The molecule has 1 saturated heterocycles. The molecule has 140 valence electrons. The van der Waals surface area contributed by atoms with Gasteiger partial charge in [-0.1, -0.05) is 11.8 Å². The molecule has 26 heavy (non-hydrogen) atoms. The van der Waals surface area contributed by atoms with Gasteiger partial charge in [-0.2, -0.15) is 5.10 Å². The molecule has 2 N–H and O–H groups in total. The van der Waals surface area contributed by atoms with Crippen LogP contribution in [0.15, 0.2) is 22.3 Å². The zero-order valence-electron chi connectivity index (χ0n) is 14.4. The molecule has 1 aliphatic heterocycles. The maximum absolute atomic E-state index is 11.6. The van der Waals surface area contributed by atoms with Crippen molar-refractivity contribution in [2.75, 3.05) is 7.11 Å². The fourth-order valence-electron chi connectivity index (χ4n) is 2.06. The Hall–Kier alpha value is -1.82. The van der Waals surface area contributed by atoms with E-state index in [1.54, 1.807) is 13.2 Å². The number of carbonyl (C=O) groups is 2. The second kappa shape index (κ2) is 9.21. The lowest BCUT2D eigenvalue weighted by Gasteiger charge is -2.15. The van der Waals surface area contributed by atoms with E-state index < -0.39 is 11.2 Å². The molecule has 1 aromatic carbocycles. The van der Waals surface area contributed by atoms with Crippen LogP contribution in [0.3, 0.4) is 0 Å². The highest BCUT2D eigenvalue weighted by Crippen LogP contribution is 2.34. The smallest absolute Gasteiger partial charge is 0.305 e. The van der Waals surface area contributed by atoms with Gasteiger partial charge in [0.05, 0.1) is 29.4 Å². The molecule has 2 rings (SSSR count). The van der Waals surface area contributed by atoms with E-state index in [1.165, 1.54) is 6.21 Å². The second-order valence-corrected chi connectivity index (χ2v) is 7.90. The summed E-state index contributed by atoms with van der Waals surface area (Å²) in [5.41, 5.74) is 0.753. The summed E-state index contributed by atoms with van der Waals surface area (Å²) in [5.74, 6) is -0.156. The molecule has 10 heteroatoms. The van der Waals surface area contributed by atoms with E-state index >= 15 is 0 Å². The summed E-state index contributed by atoms with van der Waals surface area (Å²) >= 11 is 3.21. The highest BCUT2D eigenvalue weighted by Gasteiger charge is 2.32. The van der Waals surface area contributed by atoms with Crippen LogP contribution in [0, 0.1) is 3.57 Å². The van der Waals surface area contributed by atoms with Crippen LogP contribution in [0.2, 0.25) is 0 Å². The van der Waals surface area contributed by atoms with Crippen molar-refractivity contribution in [3.8, 4) is 11.5 Å². The molecule has 1 atom stereocenters. The van der Waals surface area contributed by atoms with Crippen LogP contribution >= 0.6 is 34.4 Å². The Balaban J connectivity index is 2.12. The zero-order chi connectivity index (χ0) is 19.3. The van der Waals surface area contributed by atoms with Crippen LogP contribution in [0.25, 0.3) is 0 Å². The maximum Gasteiger partial charge on any atom is 0.305 e. The first-order valence-electron chi connectivity index (χ1n) is 7.64. The molecule has 0 spiro atoms. The number of ether oxygens (including phenoxy) is 2. The number of nitrogens with zero attached hydrogens (tertiary/aromatic N) is 2. The van der Waals surface area contributed by atoms with E-state index in [-0.39, 0.29) is 23.6 Å². The molecular formula is C16H18IN3O5S. The number of amides is 1. The molecular weight excluding hydrogens is 473 g/mol. The van der Waals surface area contributed by atoms with Crippen molar-refractivity contribution in [3.05, 3.63) is 21.3 Å². The van der Waals surface area contributed by atoms with Crippen molar-refractivity contribution in [3.63, 3.8) is 0 Å². The summed E-state index contributed by atoms with van der Waals surface area (Å²) in [5, 5.41) is 18.8. The standard InChI is InChI=1S/C16H18IN3O5S/c1-8(2)25-14-10(17)4-9(5-11(14)24-3)7-18-20-16-19-15(23)12(26-16)6-13(21)22/h4-5,7-8,12H,6H2,1-3H3,(H,21,22)(H,19,20,23). The average molecular weight is 491 g/mol. The van der Waals surface area contributed by atoms with Gasteiger partial charge in [-0.3, -0.25) is 9.59 Å². The monoisotopic (exact) mass is 491 g/mol. The van der Waals surface area contributed by atoms with Gasteiger partial charge in [0.1, 0.15) is 5.25 Å². The highest BCUT2D eigenvalue weighted by atomic mass is 127. The lowest BCUT2D eigenvalue weighted by molar-refractivity contribution is -0.138. The molecule has 0 radical (unpaired) electrons. The number of hydrogen-bond donors (Lipinski definition) is 2. The number of amidine groups is 1. The van der Waals surface area contributed by atoms with E-state index in [1.807, 2.05) is 19.9 Å². The van der Waals surface area contributed by atoms with Gasteiger partial charge in [0.25, 0.3) is 0 Å². The van der Waals surface area contributed by atoms with Gasteiger partial charge in [-0.25, -0.2) is 0 Å². The number of nitrogens with one attached hydrogen (secondary N) is 1. The molecule has 1 amide bonds. The molecule has 1 unspecified atom stereocenters. The normalized spacial score (nSPS) is 18.6. The Kier molecular flexibility index (Phi) is 7.26. The molecule has 0 aliphatic carbocycles. The van der Waals surface area contributed by atoms with Gasteiger partial charge < -0.3 is 19.9 Å². The van der Waals surface area contributed by atoms with E-state index in [2.05, 4.69) is 38.1 Å². The first kappa shape index (κ1) is 20.5. The first-order chi connectivity index (χ1) is 12.3. The first-order valence-corrected chi connectivity index (χ1v) is 9.60. The Morgan fingerprint density at radius 3 is 2.85 bits per heavy atom. The summed E-state index contributed by atoms with van der Waals surface area (Å²) in [7, 11) is 1.56. The summed E-state index contributed by atoms with van der Waals surface area (Å²) < 4.78 is 12.0. The number of halogens is 1. The SMILES string of the molecule is COc1cc(C=NN=C2NC(=O)C(CC(=O)O)S2)cc(I)c1OC(C)C. The van der Waals surface area contributed by atoms with Gasteiger partial charge >= 0.3 is 5.97 Å². The number of rotatable bonds is 7. The third-order valence-corrected chi connectivity index (χ3v) is 4.97. The Bertz CT molecular complexity index is 766. The predicted octanol–water partition coefficient (Wildman–Crippen LogP) is 2.48. The minimum atomic E-state index is -1.03. The van der Waals surface area contributed by atoms with Crippen LogP contribution in [0.1, 0.15) is 25.8 Å². The fourth-order valence-corrected chi connectivity index (χ4v) is 3.73. The molecule has 1 heterocycles. The fraction of sp³-hybridized carbons (Fsp3) is 0.375. The van der Waals surface area contributed by atoms with Crippen LogP contribution < -0.4 is 14.8 Å². The van der Waals surface area contributed by atoms with E-state index in [0.717, 1.165) is 20.9 Å². The van der Waals surface area contributed by atoms with E-state index in [9.17, 15) is 9.59 Å². The van der Waals surface area contributed by atoms with Gasteiger partial charge in [0, 0.05) is 0 Å². The van der Waals surface area contributed by atoms with Crippen LogP contribution in [-0.4, -0.2) is 46.8 Å². The number of thioether (sulfide) groups is 1. The topological polar surface area (TPSA) is 110 Å². The summed E-state index contributed by atoms with van der Waals surface area (Å²) in [6, 6.07) is 3.65. The number of carboxylic acids is 1. The van der Waals surface area contributed by atoms with E-state index in [0.29, 0.717) is 11.5 Å². The maximum atomic E-state index is 11.6. The van der Waals surface area contributed by atoms with Crippen molar-refractivity contribution in [1.29, 1.82) is 0 Å². The quantitative estimate of drug-likeness (QED) is 0.345. The minimum absolute atomic E-state index is 0.0186. The molecule has 1 aromatic rings. The third-order valence-electron chi connectivity index (χ3n) is 3.10. The number of aliphatic carboxylic acids is 1. The van der Waals surface area contributed by atoms with Gasteiger partial charge in [0.2, 0.25) is 5.91 Å². The predicted molar refractivity (Wildman–Crippen MR) is 108 cm³/mol. The van der Waals surface area contributed by atoms with E-state index in [4.69, 9.17) is 14.6 Å². The molecule has 0 bridgehead atoms. The van der Waals surface area contributed by atoms with Crippen LogP contribution in [0.4, 0.5) is 0 Å².